The Morgan fingerprint density at radius 2 is 1.92 bits per heavy atom. The fourth-order valence-corrected chi connectivity index (χ4v) is 3.53. The van der Waals surface area contributed by atoms with Gasteiger partial charge in [-0.1, -0.05) is 30.3 Å². The molecule has 0 saturated carbocycles. The zero-order chi connectivity index (χ0) is 17.6. The van der Waals surface area contributed by atoms with Gasteiger partial charge in [-0.25, -0.2) is 9.97 Å². The quantitative estimate of drug-likeness (QED) is 0.428. The fourth-order valence-electron chi connectivity index (χ4n) is 2.66. The van der Waals surface area contributed by atoms with Crippen molar-refractivity contribution < 1.29 is 4.74 Å². The Kier molecular flexibility index (Phi) is 5.07. The number of benzene rings is 2. The molecule has 2 aromatic carbocycles. The lowest BCUT2D eigenvalue weighted by atomic mass is 10.2. The maximum absolute atomic E-state index is 5.79. The van der Waals surface area contributed by atoms with Crippen LogP contribution >= 0.6 is 11.3 Å². The first-order chi connectivity index (χ1) is 12.9. The van der Waals surface area contributed by atoms with Crippen molar-refractivity contribution in [3.05, 3.63) is 77.8 Å². The van der Waals surface area contributed by atoms with E-state index in [1.54, 1.807) is 17.5 Å². The van der Waals surface area contributed by atoms with Crippen molar-refractivity contribution in [3.63, 3.8) is 0 Å². The molecule has 0 aliphatic carbocycles. The van der Waals surface area contributed by atoms with Crippen molar-refractivity contribution in [2.45, 2.75) is 13.0 Å². The molecule has 0 spiro atoms. The number of hydrogen-bond donors (Lipinski definition) is 0. The van der Waals surface area contributed by atoms with Crippen molar-refractivity contribution in [2.24, 2.45) is 0 Å². The number of nitrogens with zero attached hydrogens (tertiary/aromatic N) is 3. The van der Waals surface area contributed by atoms with Gasteiger partial charge in [0, 0.05) is 18.9 Å². The van der Waals surface area contributed by atoms with Crippen LogP contribution in [0.5, 0.6) is 5.75 Å². The van der Waals surface area contributed by atoms with Gasteiger partial charge in [0.25, 0.3) is 0 Å². The van der Waals surface area contributed by atoms with Crippen LogP contribution in [0.25, 0.3) is 22.4 Å². The van der Waals surface area contributed by atoms with Gasteiger partial charge in [0.15, 0.2) is 0 Å². The van der Waals surface area contributed by atoms with Crippen LogP contribution in [0.3, 0.4) is 0 Å². The fraction of sp³-hybridized carbons (Fsp3) is 0.143. The number of aromatic nitrogens is 3. The number of hydrogen-bond acceptors (Lipinski definition) is 4. The highest BCUT2D eigenvalue weighted by Crippen LogP contribution is 2.23. The summed E-state index contributed by atoms with van der Waals surface area (Å²) in [6.07, 6.45) is 10.7. The van der Waals surface area contributed by atoms with E-state index in [1.807, 2.05) is 42.9 Å². The molecule has 26 heavy (non-hydrogen) atoms. The monoisotopic (exact) mass is 361 g/mol. The first-order valence-corrected chi connectivity index (χ1v) is 9.41. The second-order valence-electron chi connectivity index (χ2n) is 5.92. The summed E-state index contributed by atoms with van der Waals surface area (Å²) >= 11 is 1.70. The zero-order valence-corrected chi connectivity index (χ0v) is 15.1. The van der Waals surface area contributed by atoms with E-state index >= 15 is 0 Å². The molecule has 2 aromatic heterocycles. The average Bonchev–Trinajstić information content (AvgIpc) is 3.33. The number of imidazole rings is 1. The molecule has 130 valence electrons. The van der Waals surface area contributed by atoms with Gasteiger partial charge in [0.1, 0.15) is 10.8 Å². The standard InChI is InChI=1S/C21H19N3OS/c1-2-5-20-19(4-1)23-21(26-20)11-8-17-6-9-18(10-7-17)25-15-3-13-24-14-12-22-16-24/h1-2,4-12,14,16H,3,13,15H2. The largest absolute Gasteiger partial charge is 0.494 e. The number of para-hydroxylation sites is 1. The van der Waals surface area contributed by atoms with Crippen LogP contribution in [0.4, 0.5) is 0 Å². The third-order valence-corrected chi connectivity index (χ3v) is 5.00. The summed E-state index contributed by atoms with van der Waals surface area (Å²) in [4.78, 5) is 8.65. The van der Waals surface area contributed by atoms with E-state index in [0.717, 1.165) is 34.8 Å². The Bertz CT molecular complexity index is 955. The molecule has 0 bridgehead atoms. The lowest BCUT2D eigenvalue weighted by Gasteiger charge is -2.06. The first-order valence-electron chi connectivity index (χ1n) is 8.59. The zero-order valence-electron chi connectivity index (χ0n) is 14.3. The second-order valence-corrected chi connectivity index (χ2v) is 6.99. The summed E-state index contributed by atoms with van der Waals surface area (Å²) in [5.41, 5.74) is 2.19. The van der Waals surface area contributed by atoms with E-state index in [4.69, 9.17) is 4.74 Å². The lowest BCUT2D eigenvalue weighted by molar-refractivity contribution is 0.302. The molecule has 0 amide bonds. The highest BCUT2D eigenvalue weighted by molar-refractivity contribution is 7.19. The molecule has 0 N–H and O–H groups in total. The molecule has 4 rings (SSSR count). The van der Waals surface area contributed by atoms with Gasteiger partial charge in [-0.3, -0.25) is 0 Å². The molecule has 4 nitrogen and oxygen atoms in total. The molecular weight excluding hydrogens is 342 g/mol. The molecule has 0 aliphatic heterocycles. The van der Waals surface area contributed by atoms with E-state index in [0.29, 0.717) is 6.61 Å². The van der Waals surface area contributed by atoms with E-state index in [2.05, 4.69) is 44.9 Å². The van der Waals surface area contributed by atoms with E-state index in [-0.39, 0.29) is 0 Å². The van der Waals surface area contributed by atoms with Gasteiger partial charge in [0.2, 0.25) is 0 Å². The number of ether oxygens (including phenoxy) is 1. The second kappa shape index (κ2) is 7.97. The summed E-state index contributed by atoms with van der Waals surface area (Å²) in [6.45, 7) is 1.61. The van der Waals surface area contributed by atoms with Gasteiger partial charge in [-0.15, -0.1) is 11.3 Å². The van der Waals surface area contributed by atoms with Crippen LogP contribution in [-0.4, -0.2) is 21.1 Å². The third kappa shape index (κ3) is 4.18. The van der Waals surface area contributed by atoms with Crippen LogP contribution in [0.15, 0.2) is 67.3 Å². The van der Waals surface area contributed by atoms with E-state index < -0.39 is 0 Å². The summed E-state index contributed by atoms with van der Waals surface area (Å²) in [5, 5.41) is 1.02. The van der Waals surface area contributed by atoms with Crippen LogP contribution in [0.1, 0.15) is 17.0 Å². The molecule has 0 aliphatic rings. The van der Waals surface area contributed by atoms with Gasteiger partial charge >= 0.3 is 0 Å². The molecule has 0 atom stereocenters. The number of fused-ring (bicyclic) bond motifs is 1. The maximum Gasteiger partial charge on any atom is 0.119 e. The number of rotatable bonds is 7. The SMILES string of the molecule is C(=Cc1nc2ccccc2s1)c1ccc(OCCCn2ccnc2)cc1. The lowest BCUT2D eigenvalue weighted by Crippen LogP contribution is -2.02. The molecule has 5 heteroatoms. The molecule has 4 aromatic rings. The predicted molar refractivity (Wildman–Crippen MR) is 107 cm³/mol. The summed E-state index contributed by atoms with van der Waals surface area (Å²) in [5.74, 6) is 0.896. The van der Waals surface area contributed by atoms with Gasteiger partial charge < -0.3 is 9.30 Å². The van der Waals surface area contributed by atoms with Crippen molar-refractivity contribution in [1.82, 2.24) is 14.5 Å². The summed E-state index contributed by atoms with van der Waals surface area (Å²) in [7, 11) is 0. The van der Waals surface area contributed by atoms with Crippen LogP contribution in [-0.2, 0) is 6.54 Å². The molecule has 2 heterocycles. The van der Waals surface area contributed by atoms with E-state index in [9.17, 15) is 0 Å². The maximum atomic E-state index is 5.79. The van der Waals surface area contributed by atoms with Gasteiger partial charge in [0.05, 0.1) is 23.2 Å². The van der Waals surface area contributed by atoms with Gasteiger partial charge in [-0.05, 0) is 42.3 Å². The topological polar surface area (TPSA) is 39.9 Å². The van der Waals surface area contributed by atoms with Crippen molar-refractivity contribution in [1.29, 1.82) is 0 Å². The Morgan fingerprint density at radius 3 is 2.73 bits per heavy atom. The summed E-state index contributed by atoms with van der Waals surface area (Å²) < 4.78 is 9.06. The molecule has 0 saturated heterocycles. The average molecular weight is 361 g/mol. The molecule has 0 fully saturated rings. The minimum absolute atomic E-state index is 0.694. The van der Waals surface area contributed by atoms with Crippen LogP contribution < -0.4 is 4.74 Å². The molecule has 0 radical (unpaired) electrons. The Balaban J connectivity index is 1.30. The van der Waals surface area contributed by atoms with Crippen molar-refractivity contribution in [3.8, 4) is 5.75 Å². The first kappa shape index (κ1) is 16.5. The minimum Gasteiger partial charge on any atom is -0.494 e. The molecule has 0 unspecified atom stereocenters. The van der Waals surface area contributed by atoms with Gasteiger partial charge in [-0.2, -0.15) is 0 Å². The van der Waals surface area contributed by atoms with Crippen molar-refractivity contribution in [2.75, 3.05) is 6.61 Å². The third-order valence-electron chi connectivity index (χ3n) is 4.00. The highest BCUT2D eigenvalue weighted by atomic mass is 32.1. The predicted octanol–water partition coefficient (Wildman–Crippen LogP) is 5.13. The minimum atomic E-state index is 0.694. The van der Waals surface area contributed by atoms with Crippen molar-refractivity contribution >= 4 is 33.7 Å². The Morgan fingerprint density at radius 1 is 1.04 bits per heavy atom. The van der Waals surface area contributed by atoms with Crippen LogP contribution in [0.2, 0.25) is 0 Å². The highest BCUT2D eigenvalue weighted by Gasteiger charge is 2.00. The number of thiazole rings is 1. The smallest absolute Gasteiger partial charge is 0.119 e. The Hall–Kier alpha value is -2.92. The Labute approximate surface area is 156 Å². The molecular formula is C21H19N3OS. The normalized spacial score (nSPS) is 11.4. The number of aryl methyl sites for hydroxylation is 1. The summed E-state index contributed by atoms with van der Waals surface area (Å²) in [6, 6.07) is 16.4. The van der Waals surface area contributed by atoms with Crippen LogP contribution in [0, 0.1) is 0 Å². The van der Waals surface area contributed by atoms with E-state index in [1.165, 1.54) is 4.70 Å².